The van der Waals surface area contributed by atoms with Crippen molar-refractivity contribution >= 4 is 70.5 Å². The molecule has 0 amide bonds. The van der Waals surface area contributed by atoms with Crippen molar-refractivity contribution in [3.63, 3.8) is 0 Å². The molecule has 2 aliphatic rings. The van der Waals surface area contributed by atoms with Gasteiger partial charge in [0.25, 0.3) is 0 Å². The maximum atomic E-state index is 4.02. The second-order valence-corrected chi connectivity index (χ2v) is 12.8. The topological polar surface area (TPSA) is 3.24 Å². The molecule has 7 aromatic carbocycles. The summed E-state index contributed by atoms with van der Waals surface area (Å²) in [5.74, 6) is 0. The van der Waals surface area contributed by atoms with E-state index in [1.54, 1.807) is 0 Å². The molecule has 0 fully saturated rings. The van der Waals surface area contributed by atoms with E-state index in [0.29, 0.717) is 0 Å². The normalized spacial score (nSPS) is 14.1. The summed E-state index contributed by atoms with van der Waals surface area (Å²) in [5.41, 5.74) is 10.9. The predicted molar refractivity (Wildman–Crippen MR) is 182 cm³/mol. The highest BCUT2D eigenvalue weighted by atomic mass is 79.9. The lowest BCUT2D eigenvalue weighted by atomic mass is 9.64. The van der Waals surface area contributed by atoms with Gasteiger partial charge >= 0.3 is 0 Å². The van der Waals surface area contributed by atoms with E-state index in [1.165, 1.54) is 66.3 Å². The van der Waals surface area contributed by atoms with Crippen LogP contribution in [0.4, 0.5) is 17.1 Å². The highest BCUT2D eigenvalue weighted by molar-refractivity contribution is 9.11. The van der Waals surface area contributed by atoms with E-state index in [-0.39, 0.29) is 0 Å². The minimum absolute atomic E-state index is 0.512. The molecule has 1 aliphatic carbocycles. The number of para-hydroxylation sites is 3. The Balaban J connectivity index is 1.54. The lowest BCUT2D eigenvalue weighted by Crippen LogP contribution is -2.36. The van der Waals surface area contributed by atoms with Crippen LogP contribution >= 0.6 is 31.9 Å². The van der Waals surface area contributed by atoms with Crippen molar-refractivity contribution in [2.24, 2.45) is 0 Å². The number of fused-ring (bicyclic) bond motifs is 13. The van der Waals surface area contributed by atoms with Gasteiger partial charge < -0.3 is 4.90 Å². The number of hydrogen-bond donors (Lipinski definition) is 0. The molecule has 0 radical (unpaired) electrons. The summed E-state index contributed by atoms with van der Waals surface area (Å²) in [5, 5.41) is 5.00. The molecule has 0 saturated carbocycles. The maximum Gasteiger partial charge on any atom is 0.0755 e. The average molecular weight is 665 g/mol. The maximum absolute atomic E-state index is 4.02. The van der Waals surface area contributed by atoms with Crippen molar-refractivity contribution in [2.45, 2.75) is 5.41 Å². The molecule has 3 heteroatoms. The highest BCUT2D eigenvalue weighted by Gasteiger charge is 2.53. The van der Waals surface area contributed by atoms with Gasteiger partial charge in [0.05, 0.1) is 16.8 Å². The summed E-state index contributed by atoms with van der Waals surface area (Å²) in [6, 6.07) is 51.1. The van der Waals surface area contributed by atoms with Crippen LogP contribution in [0.5, 0.6) is 0 Å². The summed E-state index contributed by atoms with van der Waals surface area (Å²) in [6.45, 7) is 0. The molecule has 1 nitrogen and oxygen atoms in total. The van der Waals surface area contributed by atoms with Crippen molar-refractivity contribution in [3.8, 4) is 11.1 Å². The largest absolute Gasteiger partial charge is 0.310 e. The van der Waals surface area contributed by atoms with Crippen LogP contribution in [-0.2, 0) is 5.41 Å². The first kappa shape index (κ1) is 24.4. The molecule has 9 rings (SSSR count). The second kappa shape index (κ2) is 8.91. The van der Waals surface area contributed by atoms with Crippen molar-refractivity contribution < 1.29 is 0 Å². The Hall–Kier alpha value is -4.18. The number of anilines is 3. The van der Waals surface area contributed by atoms with Gasteiger partial charge in [0, 0.05) is 14.6 Å². The third kappa shape index (κ3) is 3.02. The molecule has 42 heavy (non-hydrogen) atoms. The van der Waals surface area contributed by atoms with E-state index >= 15 is 0 Å². The third-order valence-corrected chi connectivity index (χ3v) is 10.5. The number of halogens is 2. The summed E-state index contributed by atoms with van der Waals surface area (Å²) in [4.78, 5) is 2.43. The molecule has 1 spiro atoms. The SMILES string of the molecule is Brc1cc2c(c3ccccc13)-c1c(cc(Br)c3ccccc13)C21c2ccccc2N(c2ccccc2)c2ccccc21. The average Bonchev–Trinajstić information content (AvgIpc) is 3.32. The van der Waals surface area contributed by atoms with E-state index in [1.807, 2.05) is 0 Å². The summed E-state index contributed by atoms with van der Waals surface area (Å²) in [7, 11) is 0. The summed E-state index contributed by atoms with van der Waals surface area (Å²) in [6.07, 6.45) is 0. The fourth-order valence-electron chi connectivity index (χ4n) is 7.62. The van der Waals surface area contributed by atoms with Crippen LogP contribution in [-0.4, -0.2) is 0 Å². The Morgan fingerprint density at radius 3 is 1.31 bits per heavy atom. The van der Waals surface area contributed by atoms with Crippen molar-refractivity contribution in [2.75, 3.05) is 4.90 Å². The quantitative estimate of drug-likeness (QED) is 0.169. The van der Waals surface area contributed by atoms with Crippen LogP contribution in [0, 0.1) is 0 Å². The van der Waals surface area contributed by atoms with Crippen LogP contribution in [0.2, 0.25) is 0 Å². The zero-order valence-electron chi connectivity index (χ0n) is 22.5. The Kier molecular flexibility index (Phi) is 5.18. The van der Waals surface area contributed by atoms with Gasteiger partial charge in [-0.2, -0.15) is 0 Å². The second-order valence-electron chi connectivity index (χ2n) is 11.1. The molecule has 0 bridgehead atoms. The van der Waals surface area contributed by atoms with Crippen molar-refractivity contribution in [3.05, 3.63) is 171 Å². The first-order valence-corrected chi connectivity index (χ1v) is 15.8. The molecule has 0 aromatic heterocycles. The molecule has 0 atom stereocenters. The fourth-order valence-corrected chi connectivity index (χ4v) is 8.77. The van der Waals surface area contributed by atoms with Crippen molar-refractivity contribution in [1.29, 1.82) is 0 Å². The molecule has 1 heterocycles. The fraction of sp³-hybridized carbons (Fsp3) is 0.0256. The Labute approximate surface area is 261 Å². The van der Waals surface area contributed by atoms with Crippen molar-refractivity contribution in [1.82, 2.24) is 0 Å². The van der Waals surface area contributed by atoms with E-state index in [0.717, 1.165) is 14.6 Å². The molecule has 0 unspecified atom stereocenters. The van der Waals surface area contributed by atoms with Crippen LogP contribution in [0.25, 0.3) is 32.7 Å². The van der Waals surface area contributed by atoms with Gasteiger partial charge in [-0.3, -0.25) is 0 Å². The zero-order chi connectivity index (χ0) is 28.0. The molecule has 0 N–H and O–H groups in total. The van der Waals surface area contributed by atoms with Gasteiger partial charge in [-0.05, 0) is 91.3 Å². The number of hydrogen-bond acceptors (Lipinski definition) is 1. The zero-order valence-corrected chi connectivity index (χ0v) is 25.7. The Morgan fingerprint density at radius 2 is 0.810 bits per heavy atom. The van der Waals surface area contributed by atoms with Gasteiger partial charge in [-0.15, -0.1) is 0 Å². The molecule has 198 valence electrons. The monoisotopic (exact) mass is 663 g/mol. The van der Waals surface area contributed by atoms with Gasteiger partial charge in [0.15, 0.2) is 0 Å². The lowest BCUT2D eigenvalue weighted by molar-refractivity contribution is 0.753. The predicted octanol–water partition coefficient (Wildman–Crippen LogP) is 11.7. The highest BCUT2D eigenvalue weighted by Crippen LogP contribution is 2.66. The van der Waals surface area contributed by atoms with Gasteiger partial charge in [0.2, 0.25) is 0 Å². The minimum Gasteiger partial charge on any atom is -0.310 e. The number of rotatable bonds is 1. The van der Waals surface area contributed by atoms with Gasteiger partial charge in [-0.1, -0.05) is 135 Å². The van der Waals surface area contributed by atoms with Crippen LogP contribution in [0.15, 0.2) is 148 Å². The van der Waals surface area contributed by atoms with Gasteiger partial charge in [-0.25, -0.2) is 0 Å². The Bertz CT molecular complexity index is 2090. The van der Waals surface area contributed by atoms with E-state index < -0.39 is 5.41 Å². The molecular formula is C39H23Br2N. The Morgan fingerprint density at radius 1 is 0.405 bits per heavy atom. The number of nitrogens with zero attached hydrogens (tertiary/aromatic N) is 1. The van der Waals surface area contributed by atoms with E-state index in [9.17, 15) is 0 Å². The standard InChI is InChI=1S/C39H23Br2N/c40-33-22-31-37(27-16-6-4-14-25(27)33)38-28-17-7-5-15-26(28)34(41)23-32(38)39(31)29-18-8-10-20-35(29)42(24-12-2-1-3-13-24)36-21-11-9-19-30(36)39/h1-23H. The lowest BCUT2D eigenvalue weighted by Gasteiger charge is -2.45. The first-order valence-electron chi connectivity index (χ1n) is 14.2. The van der Waals surface area contributed by atoms with Gasteiger partial charge in [0.1, 0.15) is 0 Å². The van der Waals surface area contributed by atoms with Crippen LogP contribution in [0.1, 0.15) is 22.3 Å². The number of benzene rings is 7. The smallest absolute Gasteiger partial charge is 0.0755 e. The van der Waals surface area contributed by atoms with Crippen LogP contribution in [0.3, 0.4) is 0 Å². The summed E-state index contributed by atoms with van der Waals surface area (Å²) < 4.78 is 2.24. The summed E-state index contributed by atoms with van der Waals surface area (Å²) >= 11 is 8.04. The van der Waals surface area contributed by atoms with E-state index in [2.05, 4.69) is 176 Å². The molecular weight excluding hydrogens is 642 g/mol. The molecule has 0 saturated heterocycles. The van der Waals surface area contributed by atoms with E-state index in [4.69, 9.17) is 0 Å². The molecule has 1 aliphatic heterocycles. The molecule has 7 aromatic rings. The first-order chi connectivity index (χ1) is 20.7. The minimum atomic E-state index is -0.512. The van der Waals surface area contributed by atoms with Crippen LogP contribution < -0.4 is 4.90 Å². The third-order valence-electron chi connectivity index (χ3n) is 9.16.